The highest BCUT2D eigenvalue weighted by atomic mass is 16.7. The third-order valence-electron chi connectivity index (χ3n) is 7.38. The van der Waals surface area contributed by atoms with Crippen LogP contribution < -0.4 is 0 Å². The van der Waals surface area contributed by atoms with Crippen molar-refractivity contribution in [3.05, 3.63) is 0 Å². The maximum absolute atomic E-state index is 11.6. The van der Waals surface area contributed by atoms with Gasteiger partial charge in [0.25, 0.3) is 0 Å². The average molecular weight is 300 g/mol. The van der Waals surface area contributed by atoms with Crippen LogP contribution >= 0.6 is 0 Å². The monoisotopic (exact) mass is 300 g/mol. The highest BCUT2D eigenvalue weighted by Crippen LogP contribution is 2.72. The van der Waals surface area contributed by atoms with Crippen LogP contribution in [0.25, 0.3) is 0 Å². The highest BCUT2D eigenvalue weighted by Gasteiger charge is 2.84. The molecule has 3 saturated heterocycles. The second-order valence-electron chi connectivity index (χ2n) is 7.89. The van der Waals surface area contributed by atoms with Crippen molar-refractivity contribution in [3.8, 4) is 0 Å². The van der Waals surface area contributed by atoms with E-state index in [1.54, 1.807) is 13.8 Å². The molecule has 5 aliphatic rings. The van der Waals surface area contributed by atoms with E-state index in [2.05, 4.69) is 0 Å². The molecule has 2 saturated carbocycles. The number of hydrogen-bond acceptors (Lipinski definition) is 6. The molecule has 6 nitrogen and oxygen atoms in total. The van der Waals surface area contributed by atoms with Gasteiger partial charge in [-0.3, -0.25) is 0 Å². The first-order valence-electron chi connectivity index (χ1n) is 7.71. The zero-order valence-corrected chi connectivity index (χ0v) is 12.6. The van der Waals surface area contributed by atoms with E-state index in [-0.39, 0.29) is 12.5 Å². The maximum atomic E-state index is 11.6. The zero-order chi connectivity index (χ0) is 15.4. The molecule has 0 aromatic heterocycles. The van der Waals surface area contributed by atoms with Gasteiger partial charge in [0.05, 0.1) is 29.8 Å². The molecular weight excluding hydrogens is 276 g/mol. The van der Waals surface area contributed by atoms with Crippen molar-refractivity contribution in [1.29, 1.82) is 0 Å². The predicted molar refractivity (Wildman–Crippen MR) is 71.1 cm³/mol. The molecule has 0 amide bonds. The van der Waals surface area contributed by atoms with Crippen LogP contribution in [0.15, 0.2) is 0 Å². The molecule has 120 valence electrons. The molecule has 1 spiro atoms. The fourth-order valence-corrected chi connectivity index (χ4v) is 5.82. The Bertz CT molecular complexity index is 495. The Morgan fingerprint density at radius 2 is 1.81 bits per heavy atom. The zero-order valence-electron chi connectivity index (χ0n) is 12.6. The first-order valence-corrected chi connectivity index (χ1v) is 7.71. The Morgan fingerprint density at radius 3 is 2.48 bits per heavy atom. The smallest absolute Gasteiger partial charge is 0.184 e. The quantitative estimate of drug-likeness (QED) is 0.476. The van der Waals surface area contributed by atoms with E-state index >= 15 is 0 Å². The first kappa shape index (κ1) is 14.4. The summed E-state index contributed by atoms with van der Waals surface area (Å²) in [6.07, 6.45) is -2.67. The lowest BCUT2D eigenvalue weighted by molar-refractivity contribution is -0.366. The summed E-state index contributed by atoms with van der Waals surface area (Å²) in [4.78, 5) is 0. The van der Waals surface area contributed by atoms with Crippen molar-refractivity contribution in [1.82, 2.24) is 0 Å². The predicted octanol–water partition coefficient (Wildman–Crippen LogP) is -0.618. The van der Waals surface area contributed by atoms with Crippen molar-refractivity contribution >= 4 is 0 Å². The summed E-state index contributed by atoms with van der Waals surface area (Å²) in [5.41, 5.74) is -4.96. The van der Waals surface area contributed by atoms with Gasteiger partial charge in [-0.25, -0.2) is 0 Å². The Morgan fingerprint density at radius 1 is 1.14 bits per heavy atom. The molecule has 4 bridgehead atoms. The van der Waals surface area contributed by atoms with Crippen molar-refractivity contribution in [2.75, 3.05) is 6.61 Å². The summed E-state index contributed by atoms with van der Waals surface area (Å²) >= 11 is 0. The Balaban J connectivity index is 2.04. The molecule has 21 heavy (non-hydrogen) atoms. The van der Waals surface area contributed by atoms with Gasteiger partial charge in [0.2, 0.25) is 0 Å². The van der Waals surface area contributed by atoms with Crippen molar-refractivity contribution in [2.45, 2.75) is 69.4 Å². The molecule has 2 aliphatic carbocycles. The summed E-state index contributed by atoms with van der Waals surface area (Å²) in [6, 6.07) is 0. The van der Waals surface area contributed by atoms with Gasteiger partial charge in [0.1, 0.15) is 11.7 Å². The molecule has 5 fully saturated rings. The van der Waals surface area contributed by atoms with Gasteiger partial charge in [-0.1, -0.05) is 13.8 Å². The summed E-state index contributed by atoms with van der Waals surface area (Å²) in [5.74, 6) is -0.0847. The molecule has 5 rings (SSSR count). The number of hydrogen-bond donors (Lipinski definition) is 4. The van der Waals surface area contributed by atoms with Gasteiger partial charge in [0, 0.05) is 5.41 Å². The number of ether oxygens (including phenoxy) is 2. The SMILES string of the molecule is C[C@@H]1C[C@@H](O)[C@@]2(O)[C@@]13C[C@H]1O[C@H](OC[C@]2(C)[C@@]1(C)O)[C@@H]3O. The van der Waals surface area contributed by atoms with E-state index in [1.165, 1.54) is 0 Å². The Kier molecular flexibility index (Phi) is 2.48. The van der Waals surface area contributed by atoms with Crippen LogP contribution in [0.2, 0.25) is 0 Å². The van der Waals surface area contributed by atoms with Crippen molar-refractivity contribution in [2.24, 2.45) is 16.7 Å². The molecular formula is C15H24O6. The summed E-state index contributed by atoms with van der Waals surface area (Å²) in [5, 5.41) is 44.1. The van der Waals surface area contributed by atoms with E-state index in [0.717, 1.165) is 0 Å². The van der Waals surface area contributed by atoms with Crippen LogP contribution in [0, 0.1) is 16.7 Å². The first-order chi connectivity index (χ1) is 9.63. The van der Waals surface area contributed by atoms with Crippen LogP contribution in [0.1, 0.15) is 33.6 Å². The fourth-order valence-electron chi connectivity index (χ4n) is 5.82. The van der Waals surface area contributed by atoms with Crippen LogP contribution in [0.4, 0.5) is 0 Å². The largest absolute Gasteiger partial charge is 0.390 e. The molecule has 0 unspecified atom stereocenters. The lowest BCUT2D eigenvalue weighted by Gasteiger charge is -2.66. The highest BCUT2D eigenvalue weighted by molar-refractivity contribution is 5.31. The summed E-state index contributed by atoms with van der Waals surface area (Å²) in [7, 11) is 0. The van der Waals surface area contributed by atoms with E-state index in [4.69, 9.17) is 9.47 Å². The standard InChI is InChI=1S/C15H24O6/c1-7-4-8(16)15(19)12(2)6-20-11-10(17)14(7,15)5-9(21-11)13(12,3)18/h7-11,16-19H,4-6H2,1-3H3/t7-,8-,9-,10+,11+,12-,13+,14+,15+/m1/s1. The van der Waals surface area contributed by atoms with E-state index < -0.39 is 46.6 Å². The molecule has 0 aromatic rings. The minimum atomic E-state index is -1.60. The molecule has 0 radical (unpaired) electrons. The van der Waals surface area contributed by atoms with Crippen molar-refractivity contribution < 1.29 is 29.9 Å². The number of aliphatic hydroxyl groups excluding tert-OH is 2. The van der Waals surface area contributed by atoms with Crippen LogP contribution in [0.5, 0.6) is 0 Å². The van der Waals surface area contributed by atoms with E-state index in [1.807, 2.05) is 6.92 Å². The Hall–Kier alpha value is -0.240. The molecule has 6 heteroatoms. The molecule has 3 aliphatic heterocycles. The third kappa shape index (κ3) is 1.15. The van der Waals surface area contributed by atoms with Gasteiger partial charge in [-0.2, -0.15) is 0 Å². The summed E-state index contributed by atoms with van der Waals surface area (Å²) in [6.45, 7) is 5.35. The van der Waals surface area contributed by atoms with E-state index in [9.17, 15) is 20.4 Å². The van der Waals surface area contributed by atoms with Crippen LogP contribution in [-0.2, 0) is 9.47 Å². The minimum absolute atomic E-state index is 0.0419. The van der Waals surface area contributed by atoms with Gasteiger partial charge in [-0.15, -0.1) is 0 Å². The van der Waals surface area contributed by atoms with Gasteiger partial charge >= 0.3 is 0 Å². The van der Waals surface area contributed by atoms with Gasteiger partial charge in [0.15, 0.2) is 6.29 Å². The fraction of sp³-hybridized carbons (Fsp3) is 1.00. The normalized spacial score (nSPS) is 69.0. The number of rotatable bonds is 0. The maximum Gasteiger partial charge on any atom is 0.184 e. The second kappa shape index (κ2) is 3.63. The van der Waals surface area contributed by atoms with Gasteiger partial charge in [-0.05, 0) is 25.7 Å². The topological polar surface area (TPSA) is 99.4 Å². The minimum Gasteiger partial charge on any atom is -0.390 e. The van der Waals surface area contributed by atoms with Crippen molar-refractivity contribution in [3.63, 3.8) is 0 Å². The average Bonchev–Trinajstić information content (AvgIpc) is 2.54. The Labute approximate surface area is 123 Å². The van der Waals surface area contributed by atoms with Crippen LogP contribution in [0.3, 0.4) is 0 Å². The van der Waals surface area contributed by atoms with Gasteiger partial charge < -0.3 is 29.9 Å². The number of fused-ring (bicyclic) bond motifs is 1. The number of aliphatic hydroxyl groups is 4. The molecule has 9 atom stereocenters. The van der Waals surface area contributed by atoms with E-state index in [0.29, 0.717) is 12.8 Å². The molecule has 0 aromatic carbocycles. The third-order valence-corrected chi connectivity index (χ3v) is 7.38. The molecule has 3 heterocycles. The molecule has 4 N–H and O–H groups in total. The lowest BCUT2D eigenvalue weighted by Crippen LogP contribution is -2.80. The summed E-state index contributed by atoms with van der Waals surface area (Å²) < 4.78 is 11.4. The lowest BCUT2D eigenvalue weighted by atomic mass is 9.44. The van der Waals surface area contributed by atoms with Crippen LogP contribution in [-0.4, -0.2) is 62.8 Å². The second-order valence-corrected chi connectivity index (χ2v) is 7.89.